The zero-order valence-corrected chi connectivity index (χ0v) is 24.8. The average Bonchev–Trinajstić information content (AvgIpc) is 3.35. The molecule has 2 aliphatic rings. The van der Waals surface area contributed by atoms with Crippen LogP contribution >= 0.6 is 0 Å². The van der Waals surface area contributed by atoms with E-state index < -0.39 is 20.0 Å². The Morgan fingerprint density at radius 3 is 2.54 bits per heavy atom. The van der Waals surface area contributed by atoms with Crippen LogP contribution in [0.2, 0.25) is 18.6 Å². The third-order valence-corrected chi connectivity index (χ3v) is 10.8. The highest BCUT2D eigenvalue weighted by Crippen LogP contribution is 2.60. The van der Waals surface area contributed by atoms with Gasteiger partial charge in [0.1, 0.15) is 5.75 Å². The molecule has 41 heavy (non-hydrogen) atoms. The Bertz CT molecular complexity index is 1460. The summed E-state index contributed by atoms with van der Waals surface area (Å²) >= 11 is 0. The lowest BCUT2D eigenvalue weighted by atomic mass is 9.82. The maximum absolute atomic E-state index is 14.4. The number of amides is 2. The van der Waals surface area contributed by atoms with Crippen molar-refractivity contribution in [1.82, 2.24) is 0 Å². The van der Waals surface area contributed by atoms with E-state index in [0.29, 0.717) is 40.4 Å². The van der Waals surface area contributed by atoms with E-state index in [-0.39, 0.29) is 36.4 Å². The second-order valence-corrected chi connectivity index (χ2v) is 15.4. The molecular weight excluding hydrogens is 538 g/mol. The molecule has 0 saturated carbocycles. The minimum atomic E-state index is -2.79. The van der Waals surface area contributed by atoms with Gasteiger partial charge in [-0.3, -0.25) is 9.59 Å². The van der Waals surface area contributed by atoms with Gasteiger partial charge < -0.3 is 35.3 Å². The molecule has 9 nitrogen and oxygen atoms in total. The van der Waals surface area contributed by atoms with Crippen LogP contribution in [0.3, 0.4) is 0 Å². The van der Waals surface area contributed by atoms with Crippen molar-refractivity contribution in [2.45, 2.75) is 50.2 Å². The first-order chi connectivity index (χ1) is 19.5. The number of carbonyl (C=O) groups excluding carboxylic acids is 2. The predicted octanol–water partition coefficient (Wildman–Crippen LogP) is 4.26. The van der Waals surface area contributed by atoms with Gasteiger partial charge >= 0.3 is 0 Å². The van der Waals surface area contributed by atoms with Crippen molar-refractivity contribution in [2.75, 3.05) is 29.7 Å². The van der Waals surface area contributed by atoms with Crippen LogP contribution in [-0.4, -0.2) is 49.9 Å². The van der Waals surface area contributed by atoms with Gasteiger partial charge in [-0.1, -0.05) is 19.1 Å². The highest BCUT2D eigenvalue weighted by molar-refractivity contribution is 6.71. The Balaban J connectivity index is 1.48. The molecule has 0 aromatic heterocycles. The predicted molar refractivity (Wildman–Crippen MR) is 160 cm³/mol. The molecule has 5 rings (SSSR count). The molecule has 3 aromatic rings. The van der Waals surface area contributed by atoms with Gasteiger partial charge in [-0.15, -0.1) is 0 Å². The number of nitrogens with one attached hydrogen (secondary N) is 1. The molecule has 0 bridgehead atoms. The lowest BCUT2D eigenvalue weighted by Gasteiger charge is -2.32. The maximum Gasteiger partial charge on any atom is 0.264 e. The number of ether oxygens (including phenoxy) is 2. The van der Waals surface area contributed by atoms with Crippen molar-refractivity contribution >= 4 is 37.2 Å². The first-order valence-corrected chi connectivity index (χ1v) is 16.8. The quantitative estimate of drug-likeness (QED) is 0.233. The third kappa shape index (κ3) is 5.12. The van der Waals surface area contributed by atoms with E-state index in [2.05, 4.69) is 5.32 Å². The van der Waals surface area contributed by atoms with Gasteiger partial charge in [0.2, 0.25) is 0 Å². The molecular formula is C31H37N3O6Si. The SMILES string of the molecule is COc1ccc2c(c1)[C@@]1(O[C@H](CCO)[C@@H]([Si](C)(C)O)[C@@H]1C)C(=O)N2Cc1cccc(NC(=O)c2ccc(N)cc2)c1. The van der Waals surface area contributed by atoms with Crippen LogP contribution in [-0.2, 0) is 21.7 Å². The first-order valence-electron chi connectivity index (χ1n) is 13.8. The third-order valence-electron chi connectivity index (χ3n) is 8.30. The fourth-order valence-corrected chi connectivity index (χ4v) is 9.11. The smallest absolute Gasteiger partial charge is 0.264 e. The summed E-state index contributed by atoms with van der Waals surface area (Å²) in [5.41, 5.74) is 8.05. The molecule has 5 N–H and O–H groups in total. The largest absolute Gasteiger partial charge is 0.497 e. The maximum atomic E-state index is 14.4. The summed E-state index contributed by atoms with van der Waals surface area (Å²) in [6.07, 6.45) is -0.132. The number of fused-ring (bicyclic) bond motifs is 2. The molecule has 216 valence electrons. The van der Waals surface area contributed by atoms with Crippen molar-refractivity contribution in [1.29, 1.82) is 0 Å². The number of aliphatic hydroxyl groups is 1. The fraction of sp³-hybridized carbons (Fsp3) is 0.355. The molecule has 1 fully saturated rings. The van der Waals surface area contributed by atoms with Crippen molar-refractivity contribution in [2.24, 2.45) is 5.92 Å². The molecule has 2 heterocycles. The van der Waals surface area contributed by atoms with E-state index in [4.69, 9.17) is 15.2 Å². The second-order valence-electron chi connectivity index (χ2n) is 11.4. The summed E-state index contributed by atoms with van der Waals surface area (Å²) in [5.74, 6) is -0.211. The standard InChI is InChI=1S/C31H37N3O6Si/c1-19-28(41(3,4)38)27(14-15-35)40-31(19)25-17-24(39-2)12-13-26(25)34(30(31)37)18-20-6-5-7-23(16-20)33-29(36)21-8-10-22(32)11-9-21/h5-13,16-17,19,27-28,35,38H,14-15,18,32H2,1-4H3,(H,33,36)/t19-,27+,28-,31+/m0/s1. The molecule has 0 unspecified atom stereocenters. The van der Waals surface area contributed by atoms with Crippen LogP contribution in [0.5, 0.6) is 5.75 Å². The number of nitrogens with zero attached hydrogens (tertiary/aromatic N) is 1. The van der Waals surface area contributed by atoms with E-state index in [1.165, 1.54) is 0 Å². The number of hydrogen-bond acceptors (Lipinski definition) is 7. The van der Waals surface area contributed by atoms with Crippen LogP contribution in [0.25, 0.3) is 0 Å². The zero-order chi connectivity index (χ0) is 29.5. The molecule has 3 aromatic carbocycles. The first kappa shape index (κ1) is 28.8. The summed E-state index contributed by atoms with van der Waals surface area (Å²) in [5, 5.41) is 12.7. The van der Waals surface area contributed by atoms with E-state index >= 15 is 0 Å². The number of nitrogen functional groups attached to an aromatic ring is 1. The van der Waals surface area contributed by atoms with Gasteiger partial charge in [0, 0.05) is 40.6 Å². The summed E-state index contributed by atoms with van der Waals surface area (Å²) in [7, 11) is -1.21. The van der Waals surface area contributed by atoms with Gasteiger partial charge in [0.05, 0.1) is 25.4 Å². The van der Waals surface area contributed by atoms with Crippen molar-refractivity contribution < 1.29 is 29.0 Å². The van der Waals surface area contributed by atoms with Crippen LogP contribution in [0.4, 0.5) is 17.1 Å². The Morgan fingerprint density at radius 2 is 1.88 bits per heavy atom. The lowest BCUT2D eigenvalue weighted by Crippen LogP contribution is -2.46. The van der Waals surface area contributed by atoms with Crippen molar-refractivity contribution in [3.8, 4) is 5.75 Å². The van der Waals surface area contributed by atoms with Gasteiger partial charge in [-0.05, 0) is 79.7 Å². The monoisotopic (exact) mass is 575 g/mol. The Morgan fingerprint density at radius 1 is 1.15 bits per heavy atom. The molecule has 4 atom stereocenters. The second kappa shape index (κ2) is 10.9. The zero-order valence-electron chi connectivity index (χ0n) is 23.8. The minimum Gasteiger partial charge on any atom is -0.497 e. The molecule has 0 radical (unpaired) electrons. The number of hydrogen-bond donors (Lipinski definition) is 4. The van der Waals surface area contributed by atoms with E-state index in [1.807, 2.05) is 56.4 Å². The molecule has 2 amide bonds. The molecule has 1 saturated heterocycles. The van der Waals surface area contributed by atoms with Gasteiger partial charge in [0.25, 0.3) is 11.8 Å². The number of benzene rings is 3. The summed E-state index contributed by atoms with van der Waals surface area (Å²) in [4.78, 5) is 40.2. The average molecular weight is 576 g/mol. The molecule has 10 heteroatoms. The topological polar surface area (TPSA) is 134 Å². The minimum absolute atomic E-state index is 0.105. The number of anilines is 3. The van der Waals surface area contributed by atoms with Gasteiger partial charge in [-0.25, -0.2) is 0 Å². The van der Waals surface area contributed by atoms with E-state index in [9.17, 15) is 19.5 Å². The molecule has 2 aliphatic heterocycles. The van der Waals surface area contributed by atoms with Crippen LogP contribution < -0.4 is 20.7 Å². The van der Waals surface area contributed by atoms with Gasteiger partial charge in [-0.2, -0.15) is 0 Å². The number of nitrogens with two attached hydrogens (primary N) is 1. The summed E-state index contributed by atoms with van der Waals surface area (Å²) in [6, 6.07) is 19.6. The number of aliphatic hydroxyl groups excluding tert-OH is 1. The fourth-order valence-electron chi connectivity index (χ4n) is 6.51. The molecule has 0 aliphatic carbocycles. The number of rotatable bonds is 8. The van der Waals surface area contributed by atoms with Crippen LogP contribution in [0.1, 0.15) is 34.8 Å². The summed E-state index contributed by atoms with van der Waals surface area (Å²) in [6.45, 7) is 5.82. The number of methoxy groups -OCH3 is 1. The highest BCUT2D eigenvalue weighted by Gasteiger charge is 2.66. The van der Waals surface area contributed by atoms with Gasteiger partial charge in [0.15, 0.2) is 13.9 Å². The Labute approximate surface area is 241 Å². The number of carbonyl (C=O) groups is 2. The summed E-state index contributed by atoms with van der Waals surface area (Å²) < 4.78 is 12.2. The molecule has 1 spiro atoms. The highest BCUT2D eigenvalue weighted by atomic mass is 28.4. The van der Waals surface area contributed by atoms with E-state index in [0.717, 1.165) is 5.56 Å². The van der Waals surface area contributed by atoms with Crippen LogP contribution in [0, 0.1) is 5.92 Å². The Kier molecular flexibility index (Phi) is 7.69. The normalized spacial score (nSPS) is 23.6. The Hall–Kier alpha value is -3.70. The van der Waals surface area contributed by atoms with Crippen molar-refractivity contribution in [3.05, 3.63) is 83.4 Å². The van der Waals surface area contributed by atoms with Crippen molar-refractivity contribution in [3.63, 3.8) is 0 Å². The van der Waals surface area contributed by atoms with Crippen LogP contribution in [0.15, 0.2) is 66.7 Å². The van der Waals surface area contributed by atoms with E-state index in [1.54, 1.807) is 42.3 Å². The lowest BCUT2D eigenvalue weighted by molar-refractivity contribution is -0.146.